The Morgan fingerprint density at radius 1 is 1.14 bits per heavy atom. The molecule has 1 aliphatic rings. The number of hydroxylamine groups is 1. The highest BCUT2D eigenvalue weighted by molar-refractivity contribution is 6.76. The second kappa shape index (κ2) is 14.9. The average molecular weight is 628 g/mol. The third-order valence-corrected chi connectivity index (χ3v) is 8.57. The minimum absolute atomic E-state index is 0.0345. The quantitative estimate of drug-likeness (QED) is 0.138. The number of carbonyl (C=O) groups is 2. The molecule has 2 aromatic rings. The molecule has 0 aliphatic carbocycles. The fourth-order valence-corrected chi connectivity index (χ4v) is 5.14. The Morgan fingerprint density at radius 2 is 1.79 bits per heavy atom. The fourth-order valence-electron chi connectivity index (χ4n) is 4.39. The molecule has 3 rings (SSSR count). The zero-order valence-corrected chi connectivity index (χ0v) is 26.2. The van der Waals surface area contributed by atoms with Crippen LogP contribution in [0.1, 0.15) is 49.0 Å². The maximum atomic E-state index is 12.9. The zero-order valence-electron chi connectivity index (χ0n) is 25.2. The van der Waals surface area contributed by atoms with Crippen molar-refractivity contribution in [2.45, 2.75) is 77.7 Å². The molecule has 1 saturated heterocycles. The molecule has 0 saturated carbocycles. The topological polar surface area (TPSA) is 141 Å². The molecule has 0 radical (unpaired) electrons. The summed E-state index contributed by atoms with van der Waals surface area (Å²) in [5.41, 5.74) is 1.20. The van der Waals surface area contributed by atoms with Gasteiger partial charge in [-0.1, -0.05) is 19.6 Å². The normalized spacial score (nSPS) is 15.3. The number of alkyl halides is 3. The number of carbonyl (C=O) groups excluding carboxylic acids is 2. The van der Waals surface area contributed by atoms with Crippen LogP contribution < -0.4 is 21.3 Å². The van der Waals surface area contributed by atoms with Crippen LogP contribution in [0, 0.1) is 5.92 Å². The van der Waals surface area contributed by atoms with E-state index in [0.29, 0.717) is 32.5 Å². The SMILES string of the molecule is CC(=O)c1c(N[C@@H](C)CONC(=O)CC2CCN(c3ncc(C(F)(F)F)cn3)CC2)cnn(COCC[Si](C)(C)C)c1=O. The molecular weight excluding hydrogens is 587 g/mol. The van der Waals surface area contributed by atoms with E-state index in [1.807, 2.05) is 0 Å². The van der Waals surface area contributed by atoms with E-state index in [2.05, 4.69) is 45.5 Å². The van der Waals surface area contributed by atoms with Gasteiger partial charge in [0.1, 0.15) is 12.3 Å². The van der Waals surface area contributed by atoms with Crippen LogP contribution in [0.3, 0.4) is 0 Å². The van der Waals surface area contributed by atoms with E-state index in [-0.39, 0.29) is 54.8 Å². The van der Waals surface area contributed by atoms with Crippen molar-refractivity contribution >= 4 is 31.4 Å². The predicted molar refractivity (Wildman–Crippen MR) is 156 cm³/mol. The number of halogens is 3. The van der Waals surface area contributed by atoms with Crippen LogP contribution in [0.25, 0.3) is 0 Å². The highest BCUT2D eigenvalue weighted by Crippen LogP contribution is 2.29. The Morgan fingerprint density at radius 3 is 2.37 bits per heavy atom. The number of amides is 1. The van der Waals surface area contributed by atoms with Gasteiger partial charge in [-0.25, -0.2) is 20.1 Å². The van der Waals surface area contributed by atoms with Crippen molar-refractivity contribution in [3.63, 3.8) is 0 Å². The van der Waals surface area contributed by atoms with Gasteiger partial charge in [0.15, 0.2) is 5.78 Å². The molecule has 0 unspecified atom stereocenters. The highest BCUT2D eigenvalue weighted by Gasteiger charge is 2.32. The molecule has 2 N–H and O–H groups in total. The molecule has 2 aromatic heterocycles. The first-order valence-electron chi connectivity index (χ1n) is 14.1. The average Bonchev–Trinajstić information content (AvgIpc) is 2.91. The summed E-state index contributed by atoms with van der Waals surface area (Å²) in [6, 6.07) is 0.561. The molecule has 238 valence electrons. The molecule has 1 amide bonds. The number of hydrogen-bond acceptors (Lipinski definition) is 10. The van der Waals surface area contributed by atoms with Gasteiger partial charge in [0.25, 0.3) is 5.56 Å². The maximum Gasteiger partial charge on any atom is 0.419 e. The first-order valence-corrected chi connectivity index (χ1v) is 17.8. The van der Waals surface area contributed by atoms with Crippen LogP contribution in [-0.4, -0.2) is 71.9 Å². The molecule has 0 aromatic carbocycles. The van der Waals surface area contributed by atoms with Gasteiger partial charge in [0.2, 0.25) is 11.9 Å². The van der Waals surface area contributed by atoms with Crippen LogP contribution >= 0.6 is 0 Å². The van der Waals surface area contributed by atoms with E-state index in [4.69, 9.17) is 9.57 Å². The van der Waals surface area contributed by atoms with Crippen molar-refractivity contribution in [1.29, 1.82) is 0 Å². The van der Waals surface area contributed by atoms with E-state index in [1.165, 1.54) is 13.1 Å². The second-order valence-electron chi connectivity index (χ2n) is 11.9. The molecule has 1 fully saturated rings. The summed E-state index contributed by atoms with van der Waals surface area (Å²) in [6.07, 6.45) is -0.0382. The van der Waals surface area contributed by atoms with E-state index >= 15 is 0 Å². The number of Topliss-reactive ketones (excluding diaryl/α,β-unsaturated/α-hetero) is 1. The van der Waals surface area contributed by atoms with E-state index < -0.39 is 31.2 Å². The summed E-state index contributed by atoms with van der Waals surface area (Å²) < 4.78 is 44.9. The minimum Gasteiger partial charge on any atom is -0.378 e. The first-order chi connectivity index (χ1) is 20.1. The number of nitrogens with one attached hydrogen (secondary N) is 2. The lowest BCUT2D eigenvalue weighted by Crippen LogP contribution is -2.37. The van der Waals surface area contributed by atoms with E-state index in [0.717, 1.165) is 23.1 Å². The van der Waals surface area contributed by atoms with Crippen LogP contribution in [0.15, 0.2) is 23.4 Å². The smallest absolute Gasteiger partial charge is 0.378 e. The van der Waals surface area contributed by atoms with Crippen molar-refractivity contribution in [2.24, 2.45) is 5.92 Å². The van der Waals surface area contributed by atoms with Crippen molar-refractivity contribution in [2.75, 3.05) is 36.5 Å². The Balaban J connectivity index is 1.41. The number of aromatic nitrogens is 4. The molecule has 3 heterocycles. The van der Waals surface area contributed by atoms with Crippen LogP contribution in [0.4, 0.5) is 24.8 Å². The molecular formula is C27H40F3N7O5Si. The summed E-state index contributed by atoms with van der Waals surface area (Å²) in [5.74, 6) is -0.422. The van der Waals surface area contributed by atoms with Crippen molar-refractivity contribution < 1.29 is 32.3 Å². The summed E-state index contributed by atoms with van der Waals surface area (Å²) in [7, 11) is -1.28. The zero-order chi connectivity index (χ0) is 31.8. The standard InChI is InChI=1S/C27H40F3N7O5Si/c1-18(34-22-15-33-37(25(40)24(22)19(2)38)17-41-10-11-43(3,4)5)16-42-35-23(39)12-20-6-8-36(9-7-20)26-31-13-21(14-32-26)27(28,29)30/h13-15,18,20,34H,6-12,16-17H2,1-5H3,(H,35,39)/t18-/m0/s1. The van der Waals surface area contributed by atoms with Gasteiger partial charge >= 0.3 is 6.18 Å². The Hall–Kier alpha value is -3.37. The van der Waals surface area contributed by atoms with Gasteiger partial charge in [0.05, 0.1) is 24.1 Å². The third-order valence-electron chi connectivity index (χ3n) is 6.86. The predicted octanol–water partition coefficient (Wildman–Crippen LogP) is 3.72. The third kappa shape index (κ3) is 10.7. The molecule has 12 nitrogen and oxygen atoms in total. The Bertz CT molecular complexity index is 1290. The van der Waals surface area contributed by atoms with Crippen LogP contribution in [0.5, 0.6) is 0 Å². The number of anilines is 2. The number of rotatable bonds is 14. The molecule has 1 atom stereocenters. The lowest BCUT2D eigenvalue weighted by molar-refractivity contribution is -0.138. The number of ketones is 1. The number of ether oxygens (including phenoxy) is 1. The lowest BCUT2D eigenvalue weighted by Gasteiger charge is -2.31. The van der Waals surface area contributed by atoms with Gasteiger partial charge < -0.3 is 15.0 Å². The van der Waals surface area contributed by atoms with Crippen molar-refractivity contribution in [1.82, 2.24) is 25.2 Å². The minimum atomic E-state index is -4.49. The molecule has 43 heavy (non-hydrogen) atoms. The van der Waals surface area contributed by atoms with Gasteiger partial charge in [-0.2, -0.15) is 18.3 Å². The summed E-state index contributed by atoms with van der Waals surface area (Å²) >= 11 is 0. The van der Waals surface area contributed by atoms with Gasteiger partial charge in [-0.3, -0.25) is 19.2 Å². The summed E-state index contributed by atoms with van der Waals surface area (Å²) in [4.78, 5) is 52.4. The van der Waals surface area contributed by atoms with E-state index in [1.54, 1.807) is 11.8 Å². The highest BCUT2D eigenvalue weighted by atomic mass is 28.3. The van der Waals surface area contributed by atoms with Crippen molar-refractivity contribution in [3.8, 4) is 0 Å². The Kier molecular flexibility index (Phi) is 11.8. The van der Waals surface area contributed by atoms with Gasteiger partial charge in [0, 0.05) is 52.6 Å². The summed E-state index contributed by atoms with van der Waals surface area (Å²) in [6.45, 7) is 11.3. The monoisotopic (exact) mass is 627 g/mol. The van der Waals surface area contributed by atoms with Gasteiger partial charge in [-0.15, -0.1) is 0 Å². The maximum absolute atomic E-state index is 12.9. The van der Waals surface area contributed by atoms with Crippen LogP contribution in [-0.2, 0) is 27.3 Å². The van der Waals surface area contributed by atoms with Gasteiger partial charge in [-0.05, 0) is 38.7 Å². The number of nitrogens with zero attached hydrogens (tertiary/aromatic N) is 5. The first kappa shape index (κ1) is 34.1. The largest absolute Gasteiger partial charge is 0.419 e. The summed E-state index contributed by atoms with van der Waals surface area (Å²) in [5, 5.41) is 7.18. The molecule has 1 aliphatic heterocycles. The molecule has 0 bridgehead atoms. The second-order valence-corrected chi connectivity index (χ2v) is 17.5. The molecule has 16 heteroatoms. The van der Waals surface area contributed by atoms with Crippen molar-refractivity contribution in [3.05, 3.63) is 40.1 Å². The fraction of sp³-hybridized carbons (Fsp3) is 0.630. The number of piperidine rings is 1. The van der Waals surface area contributed by atoms with Crippen LogP contribution in [0.2, 0.25) is 25.7 Å². The van der Waals surface area contributed by atoms with E-state index in [9.17, 15) is 27.6 Å². The Labute approximate surface area is 249 Å². The molecule has 0 spiro atoms. The lowest BCUT2D eigenvalue weighted by atomic mass is 9.93. The number of hydrogen-bond donors (Lipinski definition) is 2.